The average Bonchev–Trinajstić information content (AvgIpc) is 2.55. The molecule has 2 amide bonds. The number of benzene rings is 1. The van der Waals surface area contributed by atoms with Crippen LogP contribution in [0.2, 0.25) is 0 Å². The van der Waals surface area contributed by atoms with Crippen molar-refractivity contribution in [2.24, 2.45) is 0 Å². The number of nitrogens with one attached hydrogen (secondary N) is 1. The Bertz CT molecular complexity index is 558. The maximum absolute atomic E-state index is 12.4. The van der Waals surface area contributed by atoms with E-state index in [2.05, 4.69) is 5.32 Å². The van der Waals surface area contributed by atoms with Crippen LogP contribution in [0.25, 0.3) is 0 Å². The summed E-state index contributed by atoms with van der Waals surface area (Å²) in [6.07, 6.45) is 3.29. The van der Waals surface area contributed by atoms with Gasteiger partial charge in [0.25, 0.3) is 0 Å². The van der Waals surface area contributed by atoms with Crippen molar-refractivity contribution in [2.75, 3.05) is 37.5 Å². The molecule has 0 saturated carbocycles. The van der Waals surface area contributed by atoms with Crippen molar-refractivity contribution in [3.05, 3.63) is 24.3 Å². The van der Waals surface area contributed by atoms with Crippen molar-refractivity contribution in [1.82, 2.24) is 4.90 Å². The van der Waals surface area contributed by atoms with E-state index in [4.69, 9.17) is 5.11 Å². The first kappa shape index (κ1) is 17.3. The van der Waals surface area contributed by atoms with E-state index < -0.39 is 11.8 Å². The minimum atomic E-state index is -0.620. The zero-order valence-corrected chi connectivity index (χ0v) is 13.8. The number of anilines is 2. The summed E-state index contributed by atoms with van der Waals surface area (Å²) >= 11 is 0. The summed E-state index contributed by atoms with van der Waals surface area (Å²) in [6, 6.07) is 7.32. The number of nitrogens with zero attached hydrogens (tertiary/aromatic N) is 2. The number of aliphatic hydroxyl groups excluding tert-OH is 1. The number of amides is 2. The quantitative estimate of drug-likeness (QED) is 0.824. The van der Waals surface area contributed by atoms with Gasteiger partial charge in [0.2, 0.25) is 0 Å². The SMILES string of the molecule is CN(C)c1cccc(NC(=O)C(=O)N2CCCCC2CCO)c1. The second-order valence-corrected chi connectivity index (χ2v) is 6.06. The van der Waals surface area contributed by atoms with Crippen LogP contribution >= 0.6 is 0 Å². The number of carbonyl (C=O) groups is 2. The fourth-order valence-electron chi connectivity index (χ4n) is 2.89. The Morgan fingerprint density at radius 2 is 2.13 bits per heavy atom. The third-order valence-electron chi connectivity index (χ3n) is 4.16. The van der Waals surface area contributed by atoms with E-state index in [9.17, 15) is 9.59 Å². The normalized spacial score (nSPS) is 17.7. The summed E-state index contributed by atoms with van der Waals surface area (Å²) in [7, 11) is 3.83. The molecule has 0 bridgehead atoms. The van der Waals surface area contributed by atoms with Gasteiger partial charge in [-0.3, -0.25) is 9.59 Å². The highest BCUT2D eigenvalue weighted by Crippen LogP contribution is 2.21. The first-order valence-electron chi connectivity index (χ1n) is 8.03. The van der Waals surface area contributed by atoms with Crippen molar-refractivity contribution < 1.29 is 14.7 Å². The molecule has 6 nitrogen and oxygen atoms in total. The molecule has 126 valence electrons. The molecule has 0 aromatic heterocycles. The summed E-state index contributed by atoms with van der Waals surface area (Å²) in [5, 5.41) is 11.8. The van der Waals surface area contributed by atoms with E-state index in [1.165, 1.54) is 0 Å². The van der Waals surface area contributed by atoms with Crippen LogP contribution in [0.4, 0.5) is 11.4 Å². The molecule has 1 aromatic rings. The highest BCUT2D eigenvalue weighted by Gasteiger charge is 2.30. The Balaban J connectivity index is 2.04. The Kier molecular flexibility index (Phi) is 5.98. The van der Waals surface area contributed by atoms with Gasteiger partial charge in [0, 0.05) is 44.7 Å². The number of carbonyl (C=O) groups excluding carboxylic acids is 2. The fraction of sp³-hybridized carbons (Fsp3) is 0.529. The van der Waals surface area contributed by atoms with Gasteiger partial charge < -0.3 is 20.2 Å². The lowest BCUT2D eigenvalue weighted by Crippen LogP contribution is -2.48. The summed E-state index contributed by atoms with van der Waals surface area (Å²) in [4.78, 5) is 28.2. The largest absolute Gasteiger partial charge is 0.396 e. The van der Waals surface area contributed by atoms with E-state index in [0.29, 0.717) is 18.7 Å². The van der Waals surface area contributed by atoms with Gasteiger partial charge in [-0.1, -0.05) is 6.07 Å². The first-order chi connectivity index (χ1) is 11.0. The van der Waals surface area contributed by atoms with E-state index >= 15 is 0 Å². The summed E-state index contributed by atoms with van der Waals surface area (Å²) in [5.41, 5.74) is 1.55. The van der Waals surface area contributed by atoms with E-state index in [1.807, 2.05) is 37.2 Å². The van der Waals surface area contributed by atoms with E-state index in [1.54, 1.807) is 11.0 Å². The zero-order valence-electron chi connectivity index (χ0n) is 13.8. The minimum Gasteiger partial charge on any atom is -0.396 e. The van der Waals surface area contributed by atoms with Crippen molar-refractivity contribution in [3.8, 4) is 0 Å². The van der Waals surface area contributed by atoms with E-state index in [0.717, 1.165) is 24.9 Å². The topological polar surface area (TPSA) is 72.9 Å². The van der Waals surface area contributed by atoms with Crippen LogP contribution in [-0.4, -0.2) is 55.1 Å². The summed E-state index contributed by atoms with van der Waals surface area (Å²) in [6.45, 7) is 0.607. The number of hydrogen-bond donors (Lipinski definition) is 2. The lowest BCUT2D eigenvalue weighted by molar-refractivity contribution is -0.146. The molecule has 0 radical (unpaired) electrons. The van der Waals surface area contributed by atoms with Crippen molar-refractivity contribution in [2.45, 2.75) is 31.7 Å². The summed E-state index contributed by atoms with van der Waals surface area (Å²) in [5.74, 6) is -1.14. The number of piperidine rings is 1. The third-order valence-corrected chi connectivity index (χ3v) is 4.16. The molecule has 1 aromatic carbocycles. The van der Waals surface area contributed by atoms with Crippen molar-refractivity contribution in [1.29, 1.82) is 0 Å². The number of likely N-dealkylation sites (tertiary alicyclic amines) is 1. The molecule has 1 aliphatic heterocycles. The van der Waals surface area contributed by atoms with Crippen molar-refractivity contribution >= 4 is 23.2 Å². The van der Waals surface area contributed by atoms with Crippen molar-refractivity contribution in [3.63, 3.8) is 0 Å². The molecule has 1 aliphatic rings. The molecule has 1 fully saturated rings. The zero-order chi connectivity index (χ0) is 16.8. The molecule has 1 atom stereocenters. The van der Waals surface area contributed by atoms with Crippen LogP contribution < -0.4 is 10.2 Å². The lowest BCUT2D eigenvalue weighted by Gasteiger charge is -2.35. The Morgan fingerprint density at radius 1 is 1.35 bits per heavy atom. The van der Waals surface area contributed by atoms with Gasteiger partial charge in [-0.2, -0.15) is 0 Å². The highest BCUT2D eigenvalue weighted by molar-refractivity contribution is 6.39. The highest BCUT2D eigenvalue weighted by atomic mass is 16.3. The second-order valence-electron chi connectivity index (χ2n) is 6.06. The average molecular weight is 319 g/mol. The van der Waals surface area contributed by atoms with Crippen LogP contribution in [0.15, 0.2) is 24.3 Å². The van der Waals surface area contributed by atoms with Gasteiger partial charge in [0.15, 0.2) is 0 Å². The summed E-state index contributed by atoms with van der Waals surface area (Å²) < 4.78 is 0. The molecule has 1 unspecified atom stereocenters. The van der Waals surface area contributed by atoms with Gasteiger partial charge >= 0.3 is 11.8 Å². The predicted molar refractivity (Wildman–Crippen MR) is 90.5 cm³/mol. The van der Waals surface area contributed by atoms with Gasteiger partial charge in [0.1, 0.15) is 0 Å². The molecule has 0 aliphatic carbocycles. The monoisotopic (exact) mass is 319 g/mol. The molecular formula is C17H25N3O3. The van der Waals surface area contributed by atoms with Gasteiger partial charge in [-0.05, 0) is 43.9 Å². The second kappa shape index (κ2) is 7.97. The fourth-order valence-corrected chi connectivity index (χ4v) is 2.89. The van der Waals surface area contributed by atoms with Crippen LogP contribution in [0.5, 0.6) is 0 Å². The Labute approximate surface area is 137 Å². The molecule has 1 heterocycles. The maximum Gasteiger partial charge on any atom is 0.313 e. The molecule has 23 heavy (non-hydrogen) atoms. The van der Waals surface area contributed by atoms with Gasteiger partial charge in [-0.15, -0.1) is 0 Å². The van der Waals surface area contributed by atoms with Crippen LogP contribution in [0.3, 0.4) is 0 Å². The van der Waals surface area contributed by atoms with E-state index in [-0.39, 0.29) is 12.6 Å². The van der Waals surface area contributed by atoms with Gasteiger partial charge in [-0.25, -0.2) is 0 Å². The Morgan fingerprint density at radius 3 is 2.83 bits per heavy atom. The van der Waals surface area contributed by atoms with Gasteiger partial charge in [0.05, 0.1) is 0 Å². The number of hydrogen-bond acceptors (Lipinski definition) is 4. The minimum absolute atomic E-state index is 0.0287. The lowest BCUT2D eigenvalue weighted by atomic mass is 9.99. The van der Waals surface area contributed by atoms with Crippen LogP contribution in [0, 0.1) is 0 Å². The number of rotatable bonds is 4. The molecule has 6 heteroatoms. The van der Waals surface area contributed by atoms with Crippen LogP contribution in [-0.2, 0) is 9.59 Å². The number of aliphatic hydroxyl groups is 1. The predicted octanol–water partition coefficient (Wildman–Crippen LogP) is 1.45. The Hall–Kier alpha value is -2.08. The third kappa shape index (κ3) is 4.45. The molecule has 1 saturated heterocycles. The molecule has 2 rings (SSSR count). The molecule has 0 spiro atoms. The molecular weight excluding hydrogens is 294 g/mol. The standard InChI is InChI=1S/C17H25N3O3/c1-19(2)15-8-5-6-13(12-15)18-16(22)17(23)20-10-4-3-7-14(20)9-11-21/h5-6,8,12,14,21H,3-4,7,9-11H2,1-2H3,(H,18,22). The molecule has 2 N–H and O–H groups in total. The van der Waals surface area contributed by atoms with Crippen LogP contribution in [0.1, 0.15) is 25.7 Å². The first-order valence-corrected chi connectivity index (χ1v) is 8.03. The smallest absolute Gasteiger partial charge is 0.313 e. The maximum atomic E-state index is 12.4.